The second-order valence-electron chi connectivity index (χ2n) is 0.816. The van der Waals surface area contributed by atoms with Crippen molar-refractivity contribution >= 4 is 18.3 Å². The van der Waals surface area contributed by atoms with Crippen molar-refractivity contribution in [2.24, 2.45) is 0 Å². The second kappa shape index (κ2) is 9.30. The van der Waals surface area contributed by atoms with E-state index in [4.69, 9.17) is 0 Å². The molecule has 0 aliphatic rings. The fourth-order valence-corrected chi connectivity index (χ4v) is 0. The largest absolute Gasteiger partial charge is 1.00 e. The zero-order valence-corrected chi connectivity index (χ0v) is 11.9. The molecule has 0 bridgehead atoms. The molecule has 0 aromatic rings. The maximum Gasteiger partial charge on any atom is 1.00 e. The van der Waals surface area contributed by atoms with E-state index in [9.17, 15) is 25.9 Å². The first-order valence-corrected chi connectivity index (χ1v) is 4.50. The molecular weight excluding hydrogens is 238 g/mol. The Kier molecular flexibility index (Phi) is 22.6. The molecule has 0 saturated heterocycles. The molecule has 0 aliphatic heterocycles. The topological polar surface area (TPSA) is 177 Å². The molecule has 0 spiro atoms. The standard InChI is InChI=1S/2Na.H2O6S2.2H2O/c;;1-7(2,3)8(4,5)6;;/h;;(H,1,2,3)(H,4,5,6);2*1H2/q2*+1;;;/p-2. The average molecular weight is 242 g/mol. The van der Waals surface area contributed by atoms with Crippen LogP contribution in [0, 0.1) is 0 Å². The van der Waals surface area contributed by atoms with Gasteiger partial charge in [0.1, 0.15) is 0 Å². The van der Waals surface area contributed by atoms with Gasteiger partial charge >= 0.3 is 59.1 Å². The Morgan fingerprint density at radius 3 is 0.750 bits per heavy atom. The molecule has 0 rings (SSSR count). The van der Waals surface area contributed by atoms with Gasteiger partial charge in [0.25, 0.3) is 0 Å². The molecule has 0 radical (unpaired) electrons. The van der Waals surface area contributed by atoms with Crippen molar-refractivity contribution < 1.29 is 96.0 Å². The fourth-order valence-electron chi connectivity index (χ4n) is 0. The minimum absolute atomic E-state index is 0. The van der Waals surface area contributed by atoms with Crippen LogP contribution in [0.15, 0.2) is 0 Å². The molecule has 0 atom stereocenters. The normalized spacial score (nSPS) is 9.17. The minimum atomic E-state index is -5.67. The summed E-state index contributed by atoms with van der Waals surface area (Å²) in [6.07, 6.45) is 0. The van der Waals surface area contributed by atoms with E-state index < -0.39 is 18.3 Å². The van der Waals surface area contributed by atoms with Crippen LogP contribution in [0.4, 0.5) is 0 Å². The first-order valence-electron chi connectivity index (χ1n) is 1.17. The average Bonchev–Trinajstić information content (AvgIpc) is 1.25. The third-order valence-electron chi connectivity index (χ3n) is 0.250. The Morgan fingerprint density at radius 1 is 0.667 bits per heavy atom. The Labute approximate surface area is 113 Å². The van der Waals surface area contributed by atoms with Gasteiger partial charge in [-0.05, 0) is 0 Å². The maximum atomic E-state index is 9.20. The van der Waals surface area contributed by atoms with E-state index in [0.717, 1.165) is 0 Å². The Morgan fingerprint density at radius 2 is 0.750 bits per heavy atom. The molecule has 4 N–H and O–H groups in total. The molecule has 12 heavy (non-hydrogen) atoms. The predicted octanol–water partition coefficient (Wildman–Crippen LogP) is -9.65. The maximum absolute atomic E-state index is 9.20. The van der Waals surface area contributed by atoms with Crippen LogP contribution < -0.4 is 59.1 Å². The molecule has 0 amide bonds. The van der Waals surface area contributed by atoms with Crippen LogP contribution in [0.3, 0.4) is 0 Å². The Bertz CT molecular complexity index is 227. The zero-order valence-electron chi connectivity index (χ0n) is 6.27. The number of hydrogen-bond acceptors (Lipinski definition) is 6. The first kappa shape index (κ1) is 29.2. The summed E-state index contributed by atoms with van der Waals surface area (Å²) in [6, 6.07) is 0. The van der Waals surface area contributed by atoms with Crippen molar-refractivity contribution in [3.63, 3.8) is 0 Å². The van der Waals surface area contributed by atoms with Gasteiger partial charge in [-0.25, -0.2) is 16.8 Å². The molecule has 12 heteroatoms. The minimum Gasteiger partial charge on any atom is -0.736 e. The van der Waals surface area contributed by atoms with Gasteiger partial charge in [-0.1, -0.05) is 0 Å². The second-order valence-corrected chi connectivity index (χ2v) is 4.90. The van der Waals surface area contributed by atoms with E-state index in [0.29, 0.717) is 0 Å². The van der Waals surface area contributed by atoms with Gasteiger partial charge in [0.2, 0.25) is 0 Å². The van der Waals surface area contributed by atoms with E-state index in [2.05, 4.69) is 0 Å². The van der Waals surface area contributed by atoms with Gasteiger partial charge in [0, 0.05) is 0 Å². The summed E-state index contributed by atoms with van der Waals surface area (Å²) in [7, 11) is -11.3. The van der Waals surface area contributed by atoms with Crippen LogP contribution in [0.2, 0.25) is 0 Å². The van der Waals surface area contributed by atoms with E-state index >= 15 is 0 Å². The van der Waals surface area contributed by atoms with Crippen molar-refractivity contribution in [2.45, 2.75) is 0 Å². The van der Waals surface area contributed by atoms with Crippen molar-refractivity contribution in [2.75, 3.05) is 0 Å². The summed E-state index contributed by atoms with van der Waals surface area (Å²) in [5, 5.41) is 0. The third-order valence-corrected chi connectivity index (χ3v) is 2.25. The van der Waals surface area contributed by atoms with Crippen molar-refractivity contribution in [3.05, 3.63) is 0 Å². The van der Waals surface area contributed by atoms with Crippen molar-refractivity contribution in [1.29, 1.82) is 0 Å². The summed E-state index contributed by atoms with van der Waals surface area (Å²) in [6.45, 7) is 0. The van der Waals surface area contributed by atoms with Crippen LogP contribution in [0.25, 0.3) is 0 Å². The van der Waals surface area contributed by atoms with Crippen LogP contribution in [0.1, 0.15) is 0 Å². The monoisotopic (exact) mass is 242 g/mol. The predicted molar refractivity (Wildman–Crippen MR) is 26.6 cm³/mol. The number of hydrogen-bond donors (Lipinski definition) is 0. The summed E-state index contributed by atoms with van der Waals surface area (Å²) < 4.78 is 55.2. The molecule has 0 aliphatic carbocycles. The molecule has 0 heterocycles. The van der Waals surface area contributed by atoms with Gasteiger partial charge in [-0.15, -0.1) is 0 Å². The third kappa shape index (κ3) is 11.7. The molecule has 0 fully saturated rings. The van der Waals surface area contributed by atoms with Crippen LogP contribution in [-0.2, 0) is 18.3 Å². The molecule has 0 aromatic carbocycles. The van der Waals surface area contributed by atoms with Gasteiger partial charge < -0.3 is 20.1 Å². The van der Waals surface area contributed by atoms with Crippen LogP contribution >= 0.6 is 0 Å². The van der Waals surface area contributed by atoms with Gasteiger partial charge in [0.05, 0.1) is 0 Å². The smallest absolute Gasteiger partial charge is 0.736 e. The van der Waals surface area contributed by atoms with E-state index in [-0.39, 0.29) is 70.1 Å². The zero-order chi connectivity index (χ0) is 7.00. The van der Waals surface area contributed by atoms with Gasteiger partial charge in [0.15, 0.2) is 18.3 Å². The molecule has 0 aromatic heterocycles. The molecule has 0 unspecified atom stereocenters. The summed E-state index contributed by atoms with van der Waals surface area (Å²) in [4.78, 5) is 0. The summed E-state index contributed by atoms with van der Waals surface area (Å²) in [5.41, 5.74) is 0. The van der Waals surface area contributed by atoms with Crippen LogP contribution in [-0.4, -0.2) is 36.9 Å². The first-order chi connectivity index (χ1) is 3.25. The fraction of sp³-hybridized carbons (Fsp3) is 0. The van der Waals surface area contributed by atoms with Crippen molar-refractivity contribution in [1.82, 2.24) is 0 Å². The van der Waals surface area contributed by atoms with Gasteiger partial charge in [-0.3, -0.25) is 0 Å². The molecule has 66 valence electrons. The SMILES string of the molecule is O.O.O=S(=O)([O-])S(=O)(=O)[O-].[Na+].[Na+]. The quantitative estimate of drug-likeness (QED) is 0.250. The Balaban J connectivity index is -0.0000000408. The van der Waals surface area contributed by atoms with Gasteiger partial charge in [-0.2, -0.15) is 0 Å². The Hall–Kier alpha value is 1.74. The molecule has 0 saturated carbocycles. The van der Waals surface area contributed by atoms with Crippen molar-refractivity contribution in [3.8, 4) is 0 Å². The number of rotatable bonds is 1. The van der Waals surface area contributed by atoms with E-state index in [1.807, 2.05) is 0 Å². The summed E-state index contributed by atoms with van der Waals surface area (Å²) in [5.74, 6) is 0. The van der Waals surface area contributed by atoms with E-state index in [1.165, 1.54) is 0 Å². The molecular formula is H4Na2O8S2. The summed E-state index contributed by atoms with van der Waals surface area (Å²) >= 11 is 0. The van der Waals surface area contributed by atoms with Crippen LogP contribution in [0.5, 0.6) is 0 Å². The molecule has 8 nitrogen and oxygen atoms in total. The van der Waals surface area contributed by atoms with E-state index in [1.54, 1.807) is 0 Å².